The second-order valence-corrected chi connectivity index (χ2v) is 6.27. The normalized spacial score (nSPS) is 22.0. The van der Waals surface area contributed by atoms with Gasteiger partial charge in [-0.15, -0.1) is 0 Å². The molecule has 1 saturated heterocycles. The van der Waals surface area contributed by atoms with E-state index in [4.69, 9.17) is 10.5 Å². The Hall–Kier alpha value is -2.14. The molecule has 1 aliphatic heterocycles. The number of hydrogen-bond acceptors (Lipinski definition) is 5. The van der Waals surface area contributed by atoms with Gasteiger partial charge in [-0.1, -0.05) is 25.1 Å². The summed E-state index contributed by atoms with van der Waals surface area (Å²) in [7, 11) is 1.73. The Balaban J connectivity index is 1.87. The van der Waals surface area contributed by atoms with Gasteiger partial charge in [0.25, 0.3) is 0 Å². The van der Waals surface area contributed by atoms with Crippen LogP contribution in [0.4, 0.5) is 5.82 Å². The number of rotatable bonds is 4. The van der Waals surface area contributed by atoms with E-state index in [2.05, 4.69) is 33.9 Å². The average Bonchev–Trinajstić information content (AvgIpc) is 2.55. The first-order valence-electron chi connectivity index (χ1n) is 8.11. The molecule has 1 fully saturated rings. The van der Waals surface area contributed by atoms with Gasteiger partial charge in [-0.05, 0) is 30.9 Å². The molecule has 2 heterocycles. The first kappa shape index (κ1) is 15.7. The zero-order chi connectivity index (χ0) is 16.2. The molecule has 0 unspecified atom stereocenters. The van der Waals surface area contributed by atoms with Gasteiger partial charge in [-0.2, -0.15) is 0 Å². The van der Waals surface area contributed by atoms with Gasteiger partial charge >= 0.3 is 0 Å². The standard InChI is InChI=1S/C18H24N4O/c1-13-7-8-15(14-5-3-4-6-16(14)23-2)22(11-13)12-18-20-10-9-17(19)21-18/h3-6,9-10,13,15H,7-8,11-12H2,1-2H3,(H2,19,20,21)/t13-,15+/m1/s1. The molecule has 5 nitrogen and oxygen atoms in total. The van der Waals surface area contributed by atoms with E-state index in [9.17, 15) is 0 Å². The van der Waals surface area contributed by atoms with Crippen molar-refractivity contribution >= 4 is 5.82 Å². The summed E-state index contributed by atoms with van der Waals surface area (Å²) in [5.41, 5.74) is 7.03. The van der Waals surface area contributed by atoms with E-state index in [1.165, 1.54) is 12.0 Å². The maximum Gasteiger partial charge on any atom is 0.144 e. The highest BCUT2D eigenvalue weighted by molar-refractivity contribution is 5.36. The highest BCUT2D eigenvalue weighted by Crippen LogP contribution is 2.38. The third kappa shape index (κ3) is 3.62. The molecule has 1 aromatic carbocycles. The average molecular weight is 312 g/mol. The van der Waals surface area contributed by atoms with Gasteiger partial charge in [0.2, 0.25) is 0 Å². The second kappa shape index (κ2) is 6.96. The summed E-state index contributed by atoms with van der Waals surface area (Å²) < 4.78 is 5.57. The van der Waals surface area contributed by atoms with Gasteiger partial charge in [-0.25, -0.2) is 9.97 Å². The zero-order valence-corrected chi connectivity index (χ0v) is 13.8. The van der Waals surface area contributed by atoms with E-state index < -0.39 is 0 Å². The molecule has 0 radical (unpaired) electrons. The Labute approximate surface area is 137 Å². The molecule has 1 aliphatic rings. The van der Waals surface area contributed by atoms with Crippen molar-refractivity contribution in [2.75, 3.05) is 19.4 Å². The quantitative estimate of drug-likeness (QED) is 0.940. The molecule has 5 heteroatoms. The lowest BCUT2D eigenvalue weighted by Gasteiger charge is -2.39. The van der Waals surface area contributed by atoms with Gasteiger partial charge < -0.3 is 10.5 Å². The molecule has 2 atom stereocenters. The number of hydrogen-bond donors (Lipinski definition) is 1. The topological polar surface area (TPSA) is 64.3 Å². The monoisotopic (exact) mass is 312 g/mol. The molecule has 2 aromatic rings. The number of likely N-dealkylation sites (tertiary alicyclic amines) is 1. The molecular formula is C18H24N4O. The number of para-hydroxylation sites is 1. The fourth-order valence-corrected chi connectivity index (χ4v) is 3.39. The van der Waals surface area contributed by atoms with Gasteiger partial charge in [0.1, 0.15) is 17.4 Å². The Morgan fingerprint density at radius 2 is 2.09 bits per heavy atom. The summed E-state index contributed by atoms with van der Waals surface area (Å²) in [6, 6.07) is 10.3. The minimum Gasteiger partial charge on any atom is -0.496 e. The van der Waals surface area contributed by atoms with Crippen molar-refractivity contribution < 1.29 is 4.74 Å². The molecule has 0 aliphatic carbocycles. The van der Waals surface area contributed by atoms with Crippen molar-refractivity contribution in [1.29, 1.82) is 0 Å². The molecule has 0 saturated carbocycles. The van der Waals surface area contributed by atoms with Crippen LogP contribution in [0.3, 0.4) is 0 Å². The van der Waals surface area contributed by atoms with E-state index >= 15 is 0 Å². The molecule has 2 N–H and O–H groups in total. The number of benzene rings is 1. The van der Waals surface area contributed by atoms with Crippen molar-refractivity contribution in [3.8, 4) is 5.75 Å². The summed E-state index contributed by atoms with van der Waals surface area (Å²) in [5.74, 6) is 2.92. The van der Waals surface area contributed by atoms with Crippen LogP contribution in [-0.4, -0.2) is 28.5 Å². The minimum atomic E-state index is 0.326. The molecule has 1 aromatic heterocycles. The number of nitrogen functional groups attached to an aromatic ring is 1. The number of ether oxygens (including phenoxy) is 1. The molecule has 0 bridgehead atoms. The Morgan fingerprint density at radius 1 is 1.26 bits per heavy atom. The highest BCUT2D eigenvalue weighted by Gasteiger charge is 2.29. The van der Waals surface area contributed by atoms with Crippen LogP contribution >= 0.6 is 0 Å². The lowest BCUT2D eigenvalue weighted by atomic mass is 9.89. The fourth-order valence-electron chi connectivity index (χ4n) is 3.39. The number of nitrogens with zero attached hydrogens (tertiary/aromatic N) is 3. The lowest BCUT2D eigenvalue weighted by Crippen LogP contribution is -2.37. The SMILES string of the molecule is COc1ccccc1[C@@H]1CC[C@@H](C)CN1Cc1nccc(N)n1. The summed E-state index contributed by atoms with van der Waals surface area (Å²) in [6.45, 7) is 4.03. The molecule has 0 spiro atoms. The number of piperidine rings is 1. The van der Waals surface area contributed by atoms with E-state index in [0.29, 0.717) is 24.3 Å². The van der Waals surface area contributed by atoms with Crippen LogP contribution in [0.1, 0.15) is 37.2 Å². The largest absolute Gasteiger partial charge is 0.496 e. The Kier molecular flexibility index (Phi) is 4.76. The lowest BCUT2D eigenvalue weighted by molar-refractivity contribution is 0.101. The van der Waals surface area contributed by atoms with Crippen LogP contribution in [0.2, 0.25) is 0 Å². The van der Waals surface area contributed by atoms with E-state index in [-0.39, 0.29) is 0 Å². The molecule has 3 rings (SSSR count). The van der Waals surface area contributed by atoms with Crippen molar-refractivity contribution in [1.82, 2.24) is 14.9 Å². The Morgan fingerprint density at radius 3 is 2.87 bits per heavy atom. The van der Waals surface area contributed by atoms with Gasteiger partial charge in [-0.3, -0.25) is 4.90 Å². The predicted molar refractivity (Wildman–Crippen MR) is 91.0 cm³/mol. The molecule has 122 valence electrons. The third-order valence-electron chi connectivity index (χ3n) is 4.49. The van der Waals surface area contributed by atoms with Crippen molar-refractivity contribution in [3.05, 3.63) is 47.9 Å². The van der Waals surface area contributed by atoms with E-state index in [1.54, 1.807) is 19.4 Å². The van der Waals surface area contributed by atoms with Crippen LogP contribution in [0, 0.1) is 5.92 Å². The second-order valence-electron chi connectivity index (χ2n) is 6.27. The zero-order valence-electron chi connectivity index (χ0n) is 13.8. The van der Waals surface area contributed by atoms with Gasteiger partial charge in [0, 0.05) is 24.3 Å². The number of methoxy groups -OCH3 is 1. The maximum atomic E-state index is 5.79. The van der Waals surface area contributed by atoms with Crippen LogP contribution in [-0.2, 0) is 6.54 Å². The first-order valence-corrected chi connectivity index (χ1v) is 8.11. The van der Waals surface area contributed by atoms with Gasteiger partial charge in [0.15, 0.2) is 0 Å². The summed E-state index contributed by atoms with van der Waals surface area (Å²) in [5, 5.41) is 0. The van der Waals surface area contributed by atoms with Crippen LogP contribution in [0.25, 0.3) is 0 Å². The smallest absolute Gasteiger partial charge is 0.144 e. The first-order chi connectivity index (χ1) is 11.2. The summed E-state index contributed by atoms with van der Waals surface area (Å²) in [6.07, 6.45) is 4.06. The maximum absolute atomic E-state index is 5.79. The minimum absolute atomic E-state index is 0.326. The van der Waals surface area contributed by atoms with E-state index in [0.717, 1.165) is 24.5 Å². The van der Waals surface area contributed by atoms with Crippen molar-refractivity contribution in [2.45, 2.75) is 32.4 Å². The molecular weight excluding hydrogens is 288 g/mol. The number of anilines is 1. The summed E-state index contributed by atoms with van der Waals surface area (Å²) in [4.78, 5) is 11.2. The third-order valence-corrected chi connectivity index (χ3v) is 4.49. The summed E-state index contributed by atoms with van der Waals surface area (Å²) >= 11 is 0. The van der Waals surface area contributed by atoms with Crippen LogP contribution in [0.5, 0.6) is 5.75 Å². The van der Waals surface area contributed by atoms with Crippen LogP contribution in [0.15, 0.2) is 36.5 Å². The van der Waals surface area contributed by atoms with Crippen LogP contribution < -0.4 is 10.5 Å². The highest BCUT2D eigenvalue weighted by atomic mass is 16.5. The fraction of sp³-hybridized carbons (Fsp3) is 0.444. The Bertz CT molecular complexity index is 661. The number of nitrogens with two attached hydrogens (primary N) is 1. The van der Waals surface area contributed by atoms with Crippen molar-refractivity contribution in [3.63, 3.8) is 0 Å². The van der Waals surface area contributed by atoms with E-state index in [1.807, 2.05) is 12.1 Å². The number of aromatic nitrogens is 2. The van der Waals surface area contributed by atoms with Gasteiger partial charge in [0.05, 0.1) is 13.7 Å². The molecule has 23 heavy (non-hydrogen) atoms. The molecule has 0 amide bonds. The predicted octanol–water partition coefficient (Wildman–Crippen LogP) is 3.04. The van der Waals surface area contributed by atoms with Crippen molar-refractivity contribution in [2.24, 2.45) is 5.92 Å².